The molecule has 3 amide bonds. The first-order valence-corrected chi connectivity index (χ1v) is 9.04. The van der Waals surface area contributed by atoms with Crippen LogP contribution in [0.15, 0.2) is 36.2 Å². The van der Waals surface area contributed by atoms with Gasteiger partial charge in [-0.2, -0.15) is 0 Å². The molecule has 1 aromatic carbocycles. The molecule has 2 rings (SSSR count). The summed E-state index contributed by atoms with van der Waals surface area (Å²) in [5, 5.41) is 11.1. The van der Waals surface area contributed by atoms with Gasteiger partial charge in [-0.3, -0.25) is 14.5 Å². The predicted octanol–water partition coefficient (Wildman–Crippen LogP) is 2.89. The second-order valence-electron chi connectivity index (χ2n) is 7.46. The molecule has 0 bridgehead atoms. The zero-order chi connectivity index (χ0) is 21.8. The molecule has 0 spiro atoms. The molecule has 1 atom stereocenters. The van der Waals surface area contributed by atoms with E-state index in [2.05, 4.69) is 0 Å². The molecule has 1 heterocycles. The summed E-state index contributed by atoms with van der Waals surface area (Å²) in [6, 6.07) is 4.57. The highest BCUT2D eigenvalue weighted by molar-refractivity contribution is 6.21. The van der Waals surface area contributed by atoms with Crippen LogP contribution in [0, 0.1) is 0 Å². The lowest BCUT2D eigenvalue weighted by molar-refractivity contribution is -0.138. The van der Waals surface area contributed by atoms with Crippen LogP contribution in [-0.4, -0.2) is 52.1 Å². The Balaban J connectivity index is 1.91. The van der Waals surface area contributed by atoms with Crippen molar-refractivity contribution in [2.24, 2.45) is 0 Å². The third-order valence-corrected chi connectivity index (χ3v) is 3.99. The highest BCUT2D eigenvalue weighted by atomic mass is 19.1. The number of nitrogens with one attached hydrogen (secondary N) is 1. The Hall–Kier alpha value is -3.23. The first-order chi connectivity index (χ1) is 13.5. The second kappa shape index (κ2) is 8.85. The fourth-order valence-corrected chi connectivity index (χ4v) is 2.72. The number of rotatable bonds is 7. The highest BCUT2D eigenvalue weighted by Gasteiger charge is 2.34. The van der Waals surface area contributed by atoms with Crippen molar-refractivity contribution in [2.75, 3.05) is 6.54 Å². The van der Waals surface area contributed by atoms with Gasteiger partial charge in [-0.15, -0.1) is 0 Å². The van der Waals surface area contributed by atoms with E-state index in [0.29, 0.717) is 11.1 Å². The van der Waals surface area contributed by atoms with Crippen molar-refractivity contribution in [1.29, 1.82) is 0 Å². The molecular formula is C20H23FN2O6. The number of carbonyl (C=O) groups is 4. The van der Waals surface area contributed by atoms with Crippen molar-refractivity contribution in [2.45, 2.75) is 45.3 Å². The fourth-order valence-electron chi connectivity index (χ4n) is 2.72. The number of carbonyl (C=O) groups excluding carboxylic acids is 3. The van der Waals surface area contributed by atoms with Gasteiger partial charge < -0.3 is 15.2 Å². The largest absolute Gasteiger partial charge is 0.479 e. The van der Waals surface area contributed by atoms with Gasteiger partial charge in [0.25, 0.3) is 11.8 Å². The molecule has 1 aromatic rings. The standard InChI is InChI=1S/C20H23FN2O6/c1-20(2,3)29-19(28)22-15(18(26)27)14(21)10-6-7-11-23-16(24)12-8-4-5-9-13(12)17(23)25/h4-5,8-10,15H,6-7,11H2,1-3H3,(H,22,28)(H,26,27)/b14-10+. The number of nitrogens with zero attached hydrogens (tertiary/aromatic N) is 1. The van der Waals surface area contributed by atoms with Crippen molar-refractivity contribution >= 4 is 23.9 Å². The number of allylic oxidation sites excluding steroid dienone is 1. The summed E-state index contributed by atoms with van der Waals surface area (Å²) in [6.45, 7) is 4.84. The third-order valence-electron chi connectivity index (χ3n) is 3.99. The van der Waals surface area contributed by atoms with Gasteiger partial charge in [0.1, 0.15) is 11.4 Å². The normalized spacial score (nSPS) is 15.2. The Morgan fingerprint density at radius 1 is 1.21 bits per heavy atom. The number of hydrogen-bond donors (Lipinski definition) is 2. The van der Waals surface area contributed by atoms with E-state index in [1.807, 2.05) is 5.32 Å². The van der Waals surface area contributed by atoms with Gasteiger partial charge in [0.2, 0.25) is 0 Å². The van der Waals surface area contributed by atoms with Gasteiger partial charge in [-0.1, -0.05) is 18.2 Å². The number of ether oxygens (including phenoxy) is 1. The quantitative estimate of drug-likeness (QED) is 0.532. The van der Waals surface area contributed by atoms with Crippen molar-refractivity contribution < 1.29 is 33.4 Å². The van der Waals surface area contributed by atoms with Crippen molar-refractivity contribution in [3.05, 3.63) is 47.3 Å². The SMILES string of the molecule is CC(C)(C)OC(=O)NC(C(=O)O)/C(F)=C\CCCN1C(=O)c2ccccc2C1=O. The summed E-state index contributed by atoms with van der Waals surface area (Å²) >= 11 is 0. The fraction of sp³-hybridized carbons (Fsp3) is 0.400. The van der Waals surface area contributed by atoms with Crippen LogP contribution in [0.2, 0.25) is 0 Å². The third kappa shape index (κ3) is 5.63. The minimum absolute atomic E-state index is 0.0629. The molecular weight excluding hydrogens is 383 g/mol. The maximum atomic E-state index is 14.2. The number of carboxylic acids is 1. The van der Waals surface area contributed by atoms with Crippen LogP contribution in [0.25, 0.3) is 0 Å². The molecule has 9 heteroatoms. The van der Waals surface area contributed by atoms with E-state index in [4.69, 9.17) is 9.84 Å². The topological polar surface area (TPSA) is 113 Å². The van der Waals surface area contributed by atoms with E-state index in [9.17, 15) is 23.6 Å². The number of hydrogen-bond acceptors (Lipinski definition) is 5. The lowest BCUT2D eigenvalue weighted by Crippen LogP contribution is -2.43. The van der Waals surface area contributed by atoms with Crippen LogP contribution >= 0.6 is 0 Å². The molecule has 0 radical (unpaired) electrons. The van der Waals surface area contributed by atoms with Gasteiger partial charge in [-0.25, -0.2) is 14.0 Å². The Morgan fingerprint density at radius 2 is 1.76 bits per heavy atom. The van der Waals surface area contributed by atoms with Gasteiger partial charge in [0, 0.05) is 6.54 Å². The van der Waals surface area contributed by atoms with Crippen LogP contribution in [0.4, 0.5) is 9.18 Å². The zero-order valence-corrected chi connectivity index (χ0v) is 16.4. The molecule has 1 aliphatic rings. The van der Waals surface area contributed by atoms with Gasteiger partial charge >= 0.3 is 12.1 Å². The van der Waals surface area contributed by atoms with Crippen LogP contribution in [0.1, 0.15) is 54.3 Å². The van der Waals surface area contributed by atoms with Crippen molar-refractivity contribution in [3.63, 3.8) is 0 Å². The average molecular weight is 406 g/mol. The maximum absolute atomic E-state index is 14.2. The van der Waals surface area contributed by atoms with E-state index < -0.39 is 41.3 Å². The van der Waals surface area contributed by atoms with Gasteiger partial charge in [0.15, 0.2) is 6.04 Å². The minimum Gasteiger partial charge on any atom is -0.479 e. The van der Waals surface area contributed by atoms with Gasteiger partial charge in [-0.05, 0) is 45.7 Å². The number of carboxylic acid groups (broad SMARTS) is 1. The Bertz CT molecular complexity index is 824. The lowest BCUT2D eigenvalue weighted by Gasteiger charge is -2.21. The number of halogens is 1. The summed E-state index contributed by atoms with van der Waals surface area (Å²) in [6.07, 6.45) is 0.254. The molecule has 0 aromatic heterocycles. The van der Waals surface area contributed by atoms with E-state index in [1.165, 1.54) is 0 Å². The summed E-state index contributed by atoms with van der Waals surface area (Å²) in [5.74, 6) is -3.47. The minimum atomic E-state index is -1.89. The molecule has 2 N–H and O–H groups in total. The predicted molar refractivity (Wildman–Crippen MR) is 101 cm³/mol. The van der Waals surface area contributed by atoms with E-state index in [0.717, 1.165) is 11.0 Å². The smallest absolute Gasteiger partial charge is 0.408 e. The van der Waals surface area contributed by atoms with Crippen LogP contribution in [0.5, 0.6) is 0 Å². The van der Waals surface area contributed by atoms with Crippen LogP contribution in [0.3, 0.4) is 0 Å². The molecule has 1 unspecified atom stereocenters. The molecule has 0 saturated carbocycles. The molecule has 8 nitrogen and oxygen atoms in total. The second-order valence-corrected chi connectivity index (χ2v) is 7.46. The number of alkyl carbamates (subject to hydrolysis) is 1. The number of fused-ring (bicyclic) bond motifs is 1. The molecule has 0 saturated heterocycles. The van der Waals surface area contributed by atoms with Crippen LogP contribution in [-0.2, 0) is 9.53 Å². The van der Waals surface area contributed by atoms with Gasteiger partial charge in [0.05, 0.1) is 11.1 Å². The number of imide groups is 1. The Kier molecular flexibility index (Phi) is 6.73. The van der Waals surface area contributed by atoms with E-state index in [-0.39, 0.29) is 19.4 Å². The van der Waals surface area contributed by atoms with Crippen molar-refractivity contribution in [3.8, 4) is 0 Å². The highest BCUT2D eigenvalue weighted by Crippen LogP contribution is 2.22. The number of amides is 3. The summed E-state index contributed by atoms with van der Waals surface area (Å²) < 4.78 is 19.2. The Labute approximate surface area is 167 Å². The molecule has 0 aliphatic carbocycles. The first kappa shape index (κ1) is 22.1. The molecule has 0 fully saturated rings. The number of benzene rings is 1. The number of aliphatic carboxylic acids is 1. The summed E-state index contributed by atoms with van der Waals surface area (Å²) in [7, 11) is 0. The summed E-state index contributed by atoms with van der Waals surface area (Å²) in [4.78, 5) is 48.5. The van der Waals surface area contributed by atoms with Crippen LogP contribution < -0.4 is 5.32 Å². The Morgan fingerprint density at radius 3 is 2.24 bits per heavy atom. The molecule has 156 valence electrons. The lowest BCUT2D eigenvalue weighted by atomic mass is 10.1. The molecule has 29 heavy (non-hydrogen) atoms. The summed E-state index contributed by atoms with van der Waals surface area (Å²) in [5.41, 5.74) is -0.210. The van der Waals surface area contributed by atoms with E-state index in [1.54, 1.807) is 45.0 Å². The zero-order valence-electron chi connectivity index (χ0n) is 16.4. The van der Waals surface area contributed by atoms with E-state index >= 15 is 0 Å². The number of unbranched alkanes of at least 4 members (excludes halogenated alkanes) is 1. The first-order valence-electron chi connectivity index (χ1n) is 9.04. The maximum Gasteiger partial charge on any atom is 0.408 e. The van der Waals surface area contributed by atoms with Crippen molar-refractivity contribution in [1.82, 2.24) is 10.2 Å². The average Bonchev–Trinajstić information content (AvgIpc) is 2.86. The monoisotopic (exact) mass is 406 g/mol. The molecule has 1 aliphatic heterocycles.